The van der Waals surface area contributed by atoms with Crippen LogP contribution in [-0.4, -0.2) is 34.6 Å². The molecule has 3 amide bonds. The number of anilines is 2. The molecule has 0 radical (unpaired) electrons. The van der Waals surface area contributed by atoms with Gasteiger partial charge in [-0.15, -0.1) is 11.8 Å². The molecule has 8 nitrogen and oxygen atoms in total. The molecule has 48 heavy (non-hydrogen) atoms. The van der Waals surface area contributed by atoms with Crippen molar-refractivity contribution >= 4 is 68.1 Å². The number of alkyl halides is 3. The van der Waals surface area contributed by atoms with Crippen LogP contribution in [0, 0.1) is 29.6 Å². The van der Waals surface area contributed by atoms with Crippen molar-refractivity contribution in [2.45, 2.75) is 28.8 Å². The molecular formula is C34H25BrF3N3O5S2. The zero-order chi connectivity index (χ0) is 33.5. The maximum Gasteiger partial charge on any atom is 0.416 e. The molecule has 2 saturated carbocycles. The smallest absolute Gasteiger partial charge is 0.416 e. The van der Waals surface area contributed by atoms with Gasteiger partial charge in [0.2, 0.25) is 11.8 Å². The third kappa shape index (κ3) is 5.19. The number of thioether (sulfide) groups is 1. The predicted molar refractivity (Wildman–Crippen MR) is 177 cm³/mol. The topological polar surface area (TPSA) is 109 Å². The number of carbonyl (C=O) groups excluding carboxylic acids is 3. The van der Waals surface area contributed by atoms with Gasteiger partial charge in [-0.25, -0.2) is 0 Å². The first kappa shape index (κ1) is 31.4. The van der Waals surface area contributed by atoms with E-state index in [-0.39, 0.29) is 51.3 Å². The number of rotatable bonds is 6. The summed E-state index contributed by atoms with van der Waals surface area (Å²) in [4.78, 5) is 58.0. The average molecular weight is 757 g/mol. The Morgan fingerprint density at radius 3 is 2.46 bits per heavy atom. The average Bonchev–Trinajstić information content (AvgIpc) is 3.79. The summed E-state index contributed by atoms with van der Waals surface area (Å²) in [5.74, 6) is -1.86. The van der Waals surface area contributed by atoms with Crippen molar-refractivity contribution in [3.63, 3.8) is 0 Å². The summed E-state index contributed by atoms with van der Waals surface area (Å²) in [5.41, 5.74) is 0.532. The second-order valence-corrected chi connectivity index (χ2v) is 15.6. The van der Waals surface area contributed by atoms with Crippen molar-refractivity contribution in [2.24, 2.45) is 29.6 Å². The molecule has 0 spiro atoms. The predicted octanol–water partition coefficient (Wildman–Crippen LogP) is 6.91. The molecule has 4 aromatic rings. The van der Waals surface area contributed by atoms with Crippen molar-refractivity contribution < 1.29 is 32.3 Å². The number of hydrogen-bond donors (Lipinski definition) is 2. The summed E-state index contributed by atoms with van der Waals surface area (Å²) in [6.07, 6.45) is -3.80. The van der Waals surface area contributed by atoms with Gasteiger partial charge < -0.3 is 15.0 Å². The molecule has 2 aliphatic heterocycles. The van der Waals surface area contributed by atoms with E-state index in [1.165, 1.54) is 17.0 Å². The number of carbonyl (C=O) groups is 3. The standard InChI is InChI=1S/C34H25BrF3N3O5S2/c35-17-7-9-19(10-8-17)41-31(43)26-21-13-22(27(26)32(41)44)28-25(21)24(29-30(47-28)40-33(45)48-29)15-3-1-6-20(11-15)46-14-23(42)39-18-5-2-4-16(12-18)34(36,37)38/h1-12,21-22,24-28H,13-14H2,(H,39,42)(H,40,45)/t21-,22-,24-,25?,26?,27?,28?/m1/s1. The van der Waals surface area contributed by atoms with Crippen LogP contribution in [0.15, 0.2) is 87.1 Å². The van der Waals surface area contributed by atoms with Crippen molar-refractivity contribution in [1.29, 1.82) is 0 Å². The van der Waals surface area contributed by atoms with E-state index in [9.17, 15) is 32.3 Å². The SMILES string of the molecule is O=C(COc1cccc([C@H]2c3sc(=O)[nH]c3SC3C2[C@H]2C[C@@H]3C3C(=O)N(c4ccc(Br)cc4)C(=O)C32)c1)Nc1cccc(C(F)(F)F)c1. The van der Waals surface area contributed by atoms with Crippen LogP contribution in [0.1, 0.15) is 28.3 Å². The molecule has 2 aliphatic carbocycles. The number of amides is 3. The van der Waals surface area contributed by atoms with Gasteiger partial charge in [-0.1, -0.05) is 45.5 Å². The quantitative estimate of drug-likeness (QED) is 0.207. The van der Waals surface area contributed by atoms with E-state index < -0.39 is 36.1 Å². The highest BCUT2D eigenvalue weighted by Crippen LogP contribution is 2.68. The van der Waals surface area contributed by atoms with Crippen LogP contribution in [0.3, 0.4) is 0 Å². The van der Waals surface area contributed by atoms with E-state index in [2.05, 4.69) is 26.2 Å². The third-order valence-electron chi connectivity index (χ3n) is 9.87. The number of hydrogen-bond acceptors (Lipinski definition) is 7. The van der Waals surface area contributed by atoms with E-state index in [0.29, 0.717) is 11.4 Å². The summed E-state index contributed by atoms with van der Waals surface area (Å²) >= 11 is 6.15. The van der Waals surface area contributed by atoms with E-state index in [4.69, 9.17) is 4.74 Å². The number of benzene rings is 3. The Morgan fingerprint density at radius 2 is 1.71 bits per heavy atom. The molecule has 4 unspecified atom stereocenters. The number of aromatic nitrogens is 1. The molecule has 246 valence electrons. The number of halogens is 4. The Labute approximate surface area is 288 Å². The molecule has 2 bridgehead atoms. The lowest BCUT2D eigenvalue weighted by Crippen LogP contribution is -2.42. The monoisotopic (exact) mass is 755 g/mol. The van der Waals surface area contributed by atoms with E-state index in [1.807, 2.05) is 24.3 Å². The van der Waals surface area contributed by atoms with Crippen molar-refractivity contribution in [3.8, 4) is 5.75 Å². The van der Waals surface area contributed by atoms with E-state index in [0.717, 1.165) is 49.8 Å². The molecule has 3 heterocycles. The number of aromatic amines is 1. The first-order chi connectivity index (χ1) is 23.0. The van der Waals surface area contributed by atoms with Crippen LogP contribution in [0.25, 0.3) is 0 Å². The van der Waals surface area contributed by atoms with Gasteiger partial charge in [0.15, 0.2) is 6.61 Å². The fourth-order valence-electron chi connectivity index (χ4n) is 8.15. The third-order valence-corrected chi connectivity index (χ3v) is 13.0. The van der Waals surface area contributed by atoms with Crippen LogP contribution in [-0.2, 0) is 20.6 Å². The number of ether oxygens (including phenoxy) is 1. The minimum atomic E-state index is -4.54. The highest BCUT2D eigenvalue weighted by Gasteiger charge is 2.69. The highest BCUT2D eigenvalue weighted by molar-refractivity contribution is 9.10. The Hall–Kier alpha value is -3.88. The van der Waals surface area contributed by atoms with Gasteiger partial charge in [0.25, 0.3) is 5.91 Å². The zero-order valence-corrected chi connectivity index (χ0v) is 27.9. The zero-order valence-electron chi connectivity index (χ0n) is 24.7. The Bertz CT molecular complexity index is 2030. The number of fused-ring (bicyclic) bond motifs is 9. The van der Waals surface area contributed by atoms with Gasteiger partial charge in [0, 0.05) is 26.2 Å². The van der Waals surface area contributed by atoms with Crippen molar-refractivity contribution in [2.75, 3.05) is 16.8 Å². The molecular weight excluding hydrogens is 731 g/mol. The molecule has 2 N–H and O–H groups in total. The molecule has 3 fully saturated rings. The fourth-order valence-corrected chi connectivity index (χ4v) is 11.3. The maximum atomic E-state index is 14.0. The summed E-state index contributed by atoms with van der Waals surface area (Å²) in [5, 5.41) is 3.22. The van der Waals surface area contributed by atoms with Gasteiger partial charge in [-0.2, -0.15) is 13.2 Å². The summed E-state index contributed by atoms with van der Waals surface area (Å²) in [7, 11) is 0. The molecule has 1 aromatic heterocycles. The largest absolute Gasteiger partial charge is 0.484 e. The highest BCUT2D eigenvalue weighted by atomic mass is 79.9. The Balaban J connectivity index is 1.06. The lowest BCUT2D eigenvalue weighted by molar-refractivity contribution is -0.137. The minimum Gasteiger partial charge on any atom is -0.484 e. The van der Waals surface area contributed by atoms with Gasteiger partial charge in [0.1, 0.15) is 5.75 Å². The van der Waals surface area contributed by atoms with Gasteiger partial charge in [-0.3, -0.25) is 24.1 Å². The number of nitrogens with one attached hydrogen (secondary N) is 2. The molecule has 1 saturated heterocycles. The Kier molecular flexibility index (Phi) is 7.60. The summed E-state index contributed by atoms with van der Waals surface area (Å²) < 4.78 is 45.9. The van der Waals surface area contributed by atoms with Crippen LogP contribution in [0.4, 0.5) is 24.5 Å². The molecule has 7 atom stereocenters. The van der Waals surface area contributed by atoms with Crippen LogP contribution >= 0.6 is 39.0 Å². The summed E-state index contributed by atoms with van der Waals surface area (Å²) in [6, 6.07) is 18.7. The normalized spacial score (nSPS) is 27.1. The van der Waals surface area contributed by atoms with Crippen molar-refractivity contribution in [3.05, 3.63) is 103 Å². The van der Waals surface area contributed by atoms with Crippen LogP contribution in [0.2, 0.25) is 0 Å². The molecule has 8 rings (SSSR count). The number of H-pyrrole nitrogens is 1. The minimum absolute atomic E-state index is 0.000969. The fraction of sp³-hybridized carbons (Fsp3) is 0.294. The Morgan fingerprint density at radius 1 is 0.979 bits per heavy atom. The lowest BCUT2D eigenvalue weighted by Gasteiger charge is -2.43. The first-order valence-corrected chi connectivity index (χ1v) is 17.7. The van der Waals surface area contributed by atoms with Gasteiger partial charge in [-0.05, 0) is 84.3 Å². The lowest BCUT2D eigenvalue weighted by atomic mass is 9.68. The molecule has 14 heteroatoms. The van der Waals surface area contributed by atoms with Crippen LogP contribution in [0.5, 0.6) is 5.75 Å². The molecule has 3 aromatic carbocycles. The number of imide groups is 1. The van der Waals surface area contributed by atoms with E-state index in [1.54, 1.807) is 36.0 Å². The van der Waals surface area contributed by atoms with Crippen molar-refractivity contribution in [1.82, 2.24) is 4.98 Å². The number of nitrogens with zero attached hydrogens (tertiary/aromatic N) is 1. The number of thiazole rings is 1. The second kappa shape index (κ2) is 11.6. The van der Waals surface area contributed by atoms with Gasteiger partial charge >= 0.3 is 11.0 Å². The second-order valence-electron chi connectivity index (χ2n) is 12.4. The molecule has 4 aliphatic rings. The van der Waals surface area contributed by atoms with Gasteiger partial charge in [0.05, 0.1) is 28.1 Å². The first-order valence-electron chi connectivity index (χ1n) is 15.2. The summed E-state index contributed by atoms with van der Waals surface area (Å²) in [6.45, 7) is -0.439. The van der Waals surface area contributed by atoms with E-state index >= 15 is 0 Å². The maximum absolute atomic E-state index is 14.0. The van der Waals surface area contributed by atoms with Crippen LogP contribution < -0.4 is 19.8 Å².